The highest BCUT2D eigenvalue weighted by molar-refractivity contribution is 7.83. The predicted molar refractivity (Wildman–Crippen MR) is 116 cm³/mol. The van der Waals surface area contributed by atoms with E-state index < -0.39 is 5.60 Å². The Labute approximate surface area is 172 Å². The summed E-state index contributed by atoms with van der Waals surface area (Å²) in [6.07, 6.45) is 9.29. The molecule has 3 rings (SSSR count). The summed E-state index contributed by atoms with van der Waals surface area (Å²) in [7, 11) is 0. The fourth-order valence-electron chi connectivity index (χ4n) is 3.24. The maximum atomic E-state index is 12.2. The van der Waals surface area contributed by atoms with Crippen LogP contribution in [0.2, 0.25) is 0 Å². The first-order valence-electron chi connectivity index (χ1n) is 8.91. The summed E-state index contributed by atoms with van der Waals surface area (Å²) >= 11 is 9.20. The zero-order chi connectivity index (χ0) is 19.7. The minimum atomic E-state index is -0.500. The van der Waals surface area contributed by atoms with E-state index in [1.165, 1.54) is 0 Å². The summed E-state index contributed by atoms with van der Waals surface area (Å²) in [6, 6.07) is 13.7. The standard InChI is InChI=1S/C23H24O2S2/c1-22(2,3)25-21(24)17-11-9-16(10-12-17)15-23(13-4-5-14-23)18-7-6-8-19(26)20(18)27/h4-14,26-27H,15H2,1-3H3. The Kier molecular flexibility index (Phi) is 5.59. The van der Waals surface area contributed by atoms with Gasteiger partial charge in [-0.15, -0.1) is 25.3 Å². The van der Waals surface area contributed by atoms with E-state index in [0.717, 1.165) is 27.3 Å². The Morgan fingerprint density at radius 1 is 1.00 bits per heavy atom. The van der Waals surface area contributed by atoms with Crippen molar-refractivity contribution in [1.29, 1.82) is 0 Å². The zero-order valence-corrected chi connectivity index (χ0v) is 17.6. The van der Waals surface area contributed by atoms with Crippen LogP contribution in [-0.2, 0) is 16.6 Å². The van der Waals surface area contributed by atoms with Crippen LogP contribution < -0.4 is 0 Å². The SMILES string of the molecule is CC(C)(C)OC(=O)c1ccc(CC2(c3cccc(S)c3S)C=CC=C2)cc1. The monoisotopic (exact) mass is 396 g/mol. The van der Waals surface area contributed by atoms with Gasteiger partial charge in [0.2, 0.25) is 0 Å². The van der Waals surface area contributed by atoms with Crippen LogP contribution in [0.1, 0.15) is 42.3 Å². The zero-order valence-electron chi connectivity index (χ0n) is 15.8. The van der Waals surface area contributed by atoms with Gasteiger partial charge < -0.3 is 4.74 Å². The van der Waals surface area contributed by atoms with Gasteiger partial charge in [-0.2, -0.15) is 0 Å². The van der Waals surface area contributed by atoms with Crippen molar-refractivity contribution < 1.29 is 9.53 Å². The number of thiol groups is 2. The molecular formula is C23H24O2S2. The largest absolute Gasteiger partial charge is 0.456 e. The summed E-state index contributed by atoms with van der Waals surface area (Å²) in [5, 5.41) is 0. The van der Waals surface area contributed by atoms with Gasteiger partial charge in [-0.05, 0) is 56.5 Å². The van der Waals surface area contributed by atoms with Gasteiger partial charge in [0, 0.05) is 15.2 Å². The minimum Gasteiger partial charge on any atom is -0.456 e. The molecule has 0 fully saturated rings. The summed E-state index contributed by atoms with van der Waals surface area (Å²) in [5.74, 6) is -0.301. The van der Waals surface area contributed by atoms with Crippen molar-refractivity contribution in [2.75, 3.05) is 0 Å². The van der Waals surface area contributed by atoms with Gasteiger partial charge in [-0.25, -0.2) is 4.79 Å². The van der Waals surface area contributed by atoms with Gasteiger partial charge in [0.15, 0.2) is 0 Å². The number of hydrogen-bond donors (Lipinski definition) is 2. The number of ether oxygens (including phenoxy) is 1. The minimum absolute atomic E-state index is 0.261. The highest BCUT2D eigenvalue weighted by Crippen LogP contribution is 2.40. The molecule has 4 heteroatoms. The van der Waals surface area contributed by atoms with Crippen molar-refractivity contribution >= 4 is 31.2 Å². The molecule has 0 atom stereocenters. The van der Waals surface area contributed by atoms with E-state index in [4.69, 9.17) is 4.74 Å². The Morgan fingerprint density at radius 3 is 2.22 bits per heavy atom. The molecule has 1 aliphatic carbocycles. The summed E-state index contributed by atoms with van der Waals surface area (Å²) in [6.45, 7) is 5.60. The summed E-state index contributed by atoms with van der Waals surface area (Å²) < 4.78 is 5.44. The van der Waals surface area contributed by atoms with Crippen LogP contribution in [0.3, 0.4) is 0 Å². The fraction of sp³-hybridized carbons (Fsp3) is 0.261. The third kappa shape index (κ3) is 4.50. The number of allylic oxidation sites excluding steroid dienone is 4. The second kappa shape index (κ2) is 7.61. The van der Waals surface area contributed by atoms with Crippen LogP contribution in [0.25, 0.3) is 0 Å². The molecule has 0 N–H and O–H groups in total. The van der Waals surface area contributed by atoms with Crippen molar-refractivity contribution in [3.63, 3.8) is 0 Å². The lowest BCUT2D eigenvalue weighted by Gasteiger charge is -2.28. The molecule has 27 heavy (non-hydrogen) atoms. The summed E-state index contributed by atoms with van der Waals surface area (Å²) in [5.41, 5.74) is 2.06. The molecule has 0 amide bonds. The second-order valence-corrected chi connectivity index (χ2v) is 8.74. The van der Waals surface area contributed by atoms with Gasteiger partial charge in [-0.1, -0.05) is 48.6 Å². The molecular weight excluding hydrogens is 372 g/mol. The molecule has 0 spiro atoms. The van der Waals surface area contributed by atoms with E-state index in [0.29, 0.717) is 5.56 Å². The number of carbonyl (C=O) groups excluding carboxylic acids is 1. The molecule has 2 aromatic rings. The Hall–Kier alpha value is -1.91. The highest BCUT2D eigenvalue weighted by atomic mass is 32.1. The molecule has 2 nitrogen and oxygen atoms in total. The van der Waals surface area contributed by atoms with E-state index in [1.54, 1.807) is 0 Å². The van der Waals surface area contributed by atoms with Crippen LogP contribution in [0, 0.1) is 0 Å². The Bertz CT molecular complexity index is 891. The number of rotatable bonds is 4. The molecule has 0 radical (unpaired) electrons. The first-order chi connectivity index (χ1) is 12.7. The second-order valence-electron chi connectivity index (χ2n) is 7.81. The first-order valence-corrected chi connectivity index (χ1v) is 9.80. The normalized spacial score (nSPS) is 15.1. The van der Waals surface area contributed by atoms with Crippen LogP contribution >= 0.6 is 25.3 Å². The van der Waals surface area contributed by atoms with E-state index in [9.17, 15) is 4.79 Å². The molecule has 0 unspecified atom stereocenters. The van der Waals surface area contributed by atoms with Crippen molar-refractivity contribution in [3.8, 4) is 0 Å². The average molecular weight is 397 g/mol. The molecule has 0 aromatic heterocycles. The van der Waals surface area contributed by atoms with Crippen LogP contribution in [0.5, 0.6) is 0 Å². The maximum absolute atomic E-state index is 12.2. The molecule has 140 valence electrons. The van der Waals surface area contributed by atoms with Crippen LogP contribution in [-0.4, -0.2) is 11.6 Å². The van der Waals surface area contributed by atoms with Gasteiger partial charge in [0.25, 0.3) is 0 Å². The lowest BCUT2D eigenvalue weighted by molar-refractivity contribution is 0.00695. The van der Waals surface area contributed by atoms with Gasteiger partial charge in [0.05, 0.1) is 5.56 Å². The molecule has 0 heterocycles. The molecule has 1 aliphatic rings. The van der Waals surface area contributed by atoms with Crippen molar-refractivity contribution in [2.45, 2.75) is 48.0 Å². The quantitative estimate of drug-likeness (QED) is 0.503. The maximum Gasteiger partial charge on any atom is 0.338 e. The third-order valence-corrected chi connectivity index (χ3v) is 5.53. The first kappa shape index (κ1) is 19.8. The smallest absolute Gasteiger partial charge is 0.338 e. The van der Waals surface area contributed by atoms with Crippen molar-refractivity contribution in [2.24, 2.45) is 0 Å². The van der Waals surface area contributed by atoms with Crippen molar-refractivity contribution in [1.82, 2.24) is 0 Å². The summed E-state index contributed by atoms with van der Waals surface area (Å²) in [4.78, 5) is 14.0. The van der Waals surface area contributed by atoms with Crippen LogP contribution in [0.4, 0.5) is 0 Å². The fourth-order valence-corrected chi connectivity index (χ4v) is 3.81. The number of carbonyl (C=O) groups is 1. The van der Waals surface area contributed by atoms with E-state index >= 15 is 0 Å². The van der Waals surface area contributed by atoms with E-state index in [1.807, 2.05) is 57.2 Å². The molecule has 0 aliphatic heterocycles. The number of hydrogen-bond acceptors (Lipinski definition) is 4. The Morgan fingerprint density at radius 2 is 1.63 bits per heavy atom. The number of esters is 1. The average Bonchev–Trinajstić information content (AvgIpc) is 3.06. The highest BCUT2D eigenvalue weighted by Gasteiger charge is 2.31. The van der Waals surface area contributed by atoms with Crippen LogP contribution in [0.15, 0.2) is 76.6 Å². The molecule has 0 saturated heterocycles. The molecule has 0 bridgehead atoms. The Balaban J connectivity index is 1.87. The lowest BCUT2D eigenvalue weighted by atomic mass is 9.76. The van der Waals surface area contributed by atoms with Crippen molar-refractivity contribution in [3.05, 3.63) is 83.5 Å². The number of benzene rings is 2. The van der Waals surface area contributed by atoms with Gasteiger partial charge in [-0.3, -0.25) is 0 Å². The van der Waals surface area contributed by atoms with Gasteiger partial charge >= 0.3 is 5.97 Å². The molecule has 2 aromatic carbocycles. The topological polar surface area (TPSA) is 26.3 Å². The predicted octanol–water partition coefficient (Wildman–Crippen LogP) is 5.83. The van der Waals surface area contributed by atoms with E-state index in [2.05, 4.69) is 55.6 Å². The van der Waals surface area contributed by atoms with Gasteiger partial charge in [0.1, 0.15) is 5.60 Å². The van der Waals surface area contributed by atoms with E-state index in [-0.39, 0.29) is 11.4 Å². The lowest BCUT2D eigenvalue weighted by Crippen LogP contribution is -2.24. The third-order valence-electron chi connectivity index (χ3n) is 4.50. The molecule has 0 saturated carbocycles.